The molecule has 1 atom stereocenters. The third kappa shape index (κ3) is 58.3. The minimum atomic E-state index is -0.774. The number of esters is 3. The molecular formula is C66H120O6. The van der Waals surface area contributed by atoms with Crippen LogP contribution in [0.4, 0.5) is 0 Å². The molecule has 0 aromatic heterocycles. The van der Waals surface area contributed by atoms with Crippen LogP contribution in [0.15, 0.2) is 48.6 Å². The first kappa shape index (κ1) is 69.4. The van der Waals surface area contributed by atoms with E-state index in [-0.39, 0.29) is 31.1 Å². The molecule has 0 aromatic carbocycles. The van der Waals surface area contributed by atoms with Gasteiger partial charge in [0.05, 0.1) is 0 Å². The van der Waals surface area contributed by atoms with Gasteiger partial charge in [0.2, 0.25) is 0 Å². The number of carbonyl (C=O) groups is 3. The molecule has 0 amide bonds. The molecule has 0 N–H and O–H groups in total. The lowest BCUT2D eigenvalue weighted by Crippen LogP contribution is -2.30. The maximum Gasteiger partial charge on any atom is 0.306 e. The van der Waals surface area contributed by atoms with Crippen molar-refractivity contribution < 1.29 is 28.6 Å². The van der Waals surface area contributed by atoms with Gasteiger partial charge in [0, 0.05) is 19.3 Å². The van der Waals surface area contributed by atoms with Crippen molar-refractivity contribution in [2.75, 3.05) is 13.2 Å². The van der Waals surface area contributed by atoms with Gasteiger partial charge in [-0.2, -0.15) is 0 Å². The molecule has 0 aliphatic carbocycles. The molecule has 0 radical (unpaired) electrons. The van der Waals surface area contributed by atoms with Crippen molar-refractivity contribution in [3.8, 4) is 0 Å². The fraction of sp³-hybridized carbons (Fsp3) is 0.833. The van der Waals surface area contributed by atoms with E-state index in [0.29, 0.717) is 19.3 Å². The molecule has 0 fully saturated rings. The summed E-state index contributed by atoms with van der Waals surface area (Å²) in [6.07, 6.45) is 75.5. The molecule has 0 saturated heterocycles. The van der Waals surface area contributed by atoms with Crippen molar-refractivity contribution in [3.05, 3.63) is 48.6 Å². The predicted molar refractivity (Wildman–Crippen MR) is 312 cm³/mol. The molecule has 0 aliphatic rings. The SMILES string of the molecule is CC/C=C\C/C=C\C/C=C\C/C=C\CCCCCCCCCCC(=O)OC(COC(=O)CCCCCCCCCCCCC)COC(=O)CCCCCCCCCCCCCCCCCCCCCCCC. The Balaban J connectivity index is 4.26. The number of unbranched alkanes of at least 4 members (excludes halogenated alkanes) is 39. The van der Waals surface area contributed by atoms with E-state index in [1.54, 1.807) is 0 Å². The van der Waals surface area contributed by atoms with E-state index in [9.17, 15) is 14.4 Å². The van der Waals surface area contributed by atoms with Crippen LogP contribution in [-0.4, -0.2) is 37.2 Å². The lowest BCUT2D eigenvalue weighted by molar-refractivity contribution is -0.167. The summed E-state index contributed by atoms with van der Waals surface area (Å²) in [5.74, 6) is -0.859. The van der Waals surface area contributed by atoms with E-state index in [1.807, 2.05) is 0 Å². The molecule has 0 heterocycles. The van der Waals surface area contributed by atoms with E-state index in [2.05, 4.69) is 69.4 Å². The highest BCUT2D eigenvalue weighted by atomic mass is 16.6. The fourth-order valence-corrected chi connectivity index (χ4v) is 9.38. The molecule has 0 rings (SSSR count). The quantitative estimate of drug-likeness (QED) is 0.0261. The highest BCUT2D eigenvalue weighted by molar-refractivity contribution is 5.71. The smallest absolute Gasteiger partial charge is 0.306 e. The van der Waals surface area contributed by atoms with E-state index in [4.69, 9.17) is 14.2 Å². The Bertz CT molecular complexity index is 1250. The molecule has 1 unspecified atom stereocenters. The monoisotopic (exact) mass is 1010 g/mol. The van der Waals surface area contributed by atoms with Crippen molar-refractivity contribution >= 4 is 17.9 Å². The molecule has 6 heteroatoms. The van der Waals surface area contributed by atoms with Gasteiger partial charge in [-0.15, -0.1) is 0 Å². The Morgan fingerprint density at radius 3 is 0.847 bits per heavy atom. The highest BCUT2D eigenvalue weighted by Crippen LogP contribution is 2.18. The minimum Gasteiger partial charge on any atom is -0.462 e. The third-order valence-corrected chi connectivity index (χ3v) is 14.1. The standard InChI is InChI=1S/C66H120O6/c1-4-7-10-13-16-19-22-24-26-28-30-32-34-35-37-39-41-44-47-50-53-56-59-65(68)71-62-63(61-70-64(67)58-55-52-49-46-43-21-18-15-12-9-6-3)72-66(69)60-57-54-51-48-45-42-40-38-36-33-31-29-27-25-23-20-17-14-11-8-5-2/h8,11,17,20,25,27,31,33,63H,4-7,9-10,12-16,18-19,21-24,26,28-30,32,34-62H2,1-3H3/b11-8-,20-17-,27-25-,33-31-. The lowest BCUT2D eigenvalue weighted by atomic mass is 10.0. The zero-order valence-corrected chi connectivity index (χ0v) is 48.2. The summed E-state index contributed by atoms with van der Waals surface area (Å²) in [6, 6.07) is 0. The zero-order valence-electron chi connectivity index (χ0n) is 48.2. The summed E-state index contributed by atoms with van der Waals surface area (Å²) in [5, 5.41) is 0. The van der Waals surface area contributed by atoms with Crippen molar-refractivity contribution in [2.24, 2.45) is 0 Å². The van der Waals surface area contributed by atoms with Gasteiger partial charge in [-0.25, -0.2) is 0 Å². The maximum absolute atomic E-state index is 12.9. The molecule has 0 saturated carbocycles. The Labute approximate surface area is 448 Å². The summed E-state index contributed by atoms with van der Waals surface area (Å²) < 4.78 is 16.9. The minimum absolute atomic E-state index is 0.0715. The summed E-state index contributed by atoms with van der Waals surface area (Å²) in [6.45, 7) is 6.57. The van der Waals surface area contributed by atoms with Crippen LogP contribution in [0.2, 0.25) is 0 Å². The second kappa shape index (κ2) is 60.9. The molecule has 0 aromatic rings. The Morgan fingerprint density at radius 2 is 0.542 bits per heavy atom. The van der Waals surface area contributed by atoms with Crippen LogP contribution < -0.4 is 0 Å². The highest BCUT2D eigenvalue weighted by Gasteiger charge is 2.19. The van der Waals surface area contributed by atoms with E-state index in [1.165, 1.54) is 205 Å². The van der Waals surface area contributed by atoms with Crippen LogP contribution in [0.1, 0.15) is 335 Å². The predicted octanol–water partition coefficient (Wildman–Crippen LogP) is 21.4. The topological polar surface area (TPSA) is 78.9 Å². The number of hydrogen-bond donors (Lipinski definition) is 0. The second-order valence-corrected chi connectivity index (χ2v) is 21.3. The first-order valence-corrected chi connectivity index (χ1v) is 31.6. The van der Waals surface area contributed by atoms with Crippen LogP contribution in [0.5, 0.6) is 0 Å². The fourth-order valence-electron chi connectivity index (χ4n) is 9.38. The van der Waals surface area contributed by atoms with Gasteiger partial charge in [-0.05, 0) is 57.8 Å². The summed E-state index contributed by atoms with van der Waals surface area (Å²) in [5.41, 5.74) is 0. The number of allylic oxidation sites excluding steroid dienone is 8. The van der Waals surface area contributed by atoms with Gasteiger partial charge in [0.1, 0.15) is 13.2 Å². The zero-order chi connectivity index (χ0) is 52.2. The maximum atomic E-state index is 12.9. The summed E-state index contributed by atoms with van der Waals surface area (Å²) >= 11 is 0. The number of ether oxygens (including phenoxy) is 3. The van der Waals surface area contributed by atoms with E-state index >= 15 is 0 Å². The molecular weight excluding hydrogens is 889 g/mol. The van der Waals surface area contributed by atoms with Crippen LogP contribution in [0.25, 0.3) is 0 Å². The van der Waals surface area contributed by atoms with Crippen molar-refractivity contribution in [3.63, 3.8) is 0 Å². The molecule has 72 heavy (non-hydrogen) atoms. The van der Waals surface area contributed by atoms with E-state index in [0.717, 1.165) is 89.9 Å². The number of carbonyl (C=O) groups excluding carboxylic acids is 3. The van der Waals surface area contributed by atoms with E-state index < -0.39 is 6.10 Å². The molecule has 0 aliphatic heterocycles. The van der Waals surface area contributed by atoms with Crippen molar-refractivity contribution in [1.82, 2.24) is 0 Å². The summed E-state index contributed by atoms with van der Waals surface area (Å²) in [4.78, 5) is 38.2. The van der Waals surface area contributed by atoms with Gasteiger partial charge in [-0.1, -0.05) is 307 Å². The van der Waals surface area contributed by atoms with Gasteiger partial charge in [0.25, 0.3) is 0 Å². The molecule has 0 bridgehead atoms. The van der Waals surface area contributed by atoms with Gasteiger partial charge >= 0.3 is 17.9 Å². The number of rotatable bonds is 58. The second-order valence-electron chi connectivity index (χ2n) is 21.3. The first-order chi connectivity index (χ1) is 35.5. The third-order valence-electron chi connectivity index (χ3n) is 14.1. The Hall–Kier alpha value is -2.63. The lowest BCUT2D eigenvalue weighted by Gasteiger charge is -2.18. The Kier molecular flexibility index (Phi) is 58.7. The number of hydrogen-bond acceptors (Lipinski definition) is 6. The normalized spacial score (nSPS) is 12.3. The van der Waals surface area contributed by atoms with Crippen LogP contribution in [0, 0.1) is 0 Å². The van der Waals surface area contributed by atoms with Gasteiger partial charge in [0.15, 0.2) is 6.10 Å². The molecule has 0 spiro atoms. The van der Waals surface area contributed by atoms with Crippen LogP contribution in [-0.2, 0) is 28.6 Å². The van der Waals surface area contributed by atoms with Crippen molar-refractivity contribution in [1.29, 1.82) is 0 Å². The summed E-state index contributed by atoms with van der Waals surface area (Å²) in [7, 11) is 0. The van der Waals surface area contributed by atoms with Crippen LogP contribution in [0.3, 0.4) is 0 Å². The van der Waals surface area contributed by atoms with Crippen molar-refractivity contribution in [2.45, 2.75) is 341 Å². The first-order valence-electron chi connectivity index (χ1n) is 31.6. The van der Waals surface area contributed by atoms with Gasteiger partial charge in [-0.3, -0.25) is 14.4 Å². The average Bonchev–Trinajstić information content (AvgIpc) is 3.38. The molecule has 6 nitrogen and oxygen atoms in total. The average molecular weight is 1010 g/mol. The largest absolute Gasteiger partial charge is 0.462 e. The van der Waals surface area contributed by atoms with Gasteiger partial charge < -0.3 is 14.2 Å². The molecule has 420 valence electrons. The Morgan fingerprint density at radius 1 is 0.292 bits per heavy atom. The van der Waals surface area contributed by atoms with Crippen LogP contribution >= 0.6 is 0 Å².